The van der Waals surface area contributed by atoms with Crippen molar-refractivity contribution < 1.29 is 18.6 Å². The maximum absolute atomic E-state index is 12.0. The minimum absolute atomic E-state index is 0.0334. The second-order valence-electron chi connectivity index (χ2n) is 4.58. The van der Waals surface area contributed by atoms with E-state index in [0.29, 0.717) is 12.2 Å². The monoisotopic (exact) mass is 307 g/mol. The van der Waals surface area contributed by atoms with E-state index in [4.69, 9.17) is 0 Å². The Morgan fingerprint density at radius 1 is 1.05 bits per heavy atom. The van der Waals surface area contributed by atoms with Gasteiger partial charge in [-0.05, 0) is 29.8 Å². The molecule has 0 saturated heterocycles. The first-order valence-corrected chi connectivity index (χ1v) is 8.16. The zero-order valence-corrected chi connectivity index (χ0v) is 12.4. The van der Waals surface area contributed by atoms with Crippen LogP contribution >= 0.6 is 0 Å². The van der Waals surface area contributed by atoms with Gasteiger partial charge in [0.1, 0.15) is 0 Å². The van der Waals surface area contributed by atoms with Gasteiger partial charge in [0.05, 0.1) is 16.3 Å². The number of phenolic OH excluding ortho intramolecular Hbond substituents is 2. The maximum Gasteiger partial charge on any atom is 0.180 e. The Labute approximate surface area is 123 Å². The van der Waals surface area contributed by atoms with Crippen molar-refractivity contribution in [3.05, 3.63) is 48.0 Å². The van der Waals surface area contributed by atoms with Gasteiger partial charge in [0.2, 0.25) is 0 Å². The summed E-state index contributed by atoms with van der Waals surface area (Å²) in [4.78, 5) is 0.260. The Morgan fingerprint density at radius 2 is 1.76 bits per heavy atom. The van der Waals surface area contributed by atoms with Crippen molar-refractivity contribution in [2.75, 3.05) is 11.1 Å². The number of para-hydroxylation sites is 1. The molecule has 0 aliphatic heterocycles. The number of nitrogens with one attached hydrogen (secondary N) is 1. The lowest BCUT2D eigenvalue weighted by Crippen LogP contribution is -2.09. The summed E-state index contributed by atoms with van der Waals surface area (Å²) in [6.45, 7) is 1.94. The molecule has 0 aliphatic carbocycles. The average molecular weight is 307 g/mol. The normalized spacial score (nSPS) is 11.3. The van der Waals surface area contributed by atoms with Crippen molar-refractivity contribution >= 4 is 15.5 Å². The van der Waals surface area contributed by atoms with Gasteiger partial charge < -0.3 is 15.5 Å². The SMILES string of the molecule is CCS(=O)(=O)c1ccccc1NCc1ccc(O)c(O)c1. The molecule has 2 rings (SSSR count). The molecule has 0 heterocycles. The Kier molecular flexibility index (Phi) is 4.37. The van der Waals surface area contributed by atoms with Gasteiger partial charge in [-0.2, -0.15) is 0 Å². The highest BCUT2D eigenvalue weighted by atomic mass is 32.2. The third-order valence-electron chi connectivity index (χ3n) is 3.12. The number of hydrogen-bond acceptors (Lipinski definition) is 5. The van der Waals surface area contributed by atoms with E-state index in [1.165, 1.54) is 12.1 Å². The number of phenols is 2. The summed E-state index contributed by atoms with van der Waals surface area (Å²) < 4.78 is 24.0. The largest absolute Gasteiger partial charge is 0.504 e. The Hall–Kier alpha value is -2.21. The maximum atomic E-state index is 12.0. The Bertz CT molecular complexity index is 741. The van der Waals surface area contributed by atoms with Crippen LogP contribution in [0.5, 0.6) is 11.5 Å². The molecular weight excluding hydrogens is 290 g/mol. The molecule has 2 aromatic rings. The van der Waals surface area contributed by atoms with Gasteiger partial charge in [-0.25, -0.2) is 8.42 Å². The molecule has 0 fully saturated rings. The fraction of sp³-hybridized carbons (Fsp3) is 0.200. The summed E-state index contributed by atoms with van der Waals surface area (Å²) in [6, 6.07) is 11.2. The van der Waals surface area contributed by atoms with Crippen molar-refractivity contribution in [3.63, 3.8) is 0 Å². The molecule has 3 N–H and O–H groups in total. The summed E-state index contributed by atoms with van der Waals surface area (Å²) >= 11 is 0. The minimum Gasteiger partial charge on any atom is -0.504 e. The van der Waals surface area contributed by atoms with Crippen LogP contribution in [-0.2, 0) is 16.4 Å². The van der Waals surface area contributed by atoms with Crippen LogP contribution in [0.1, 0.15) is 12.5 Å². The second kappa shape index (κ2) is 6.05. The molecule has 2 aromatic carbocycles. The number of sulfone groups is 1. The molecule has 0 radical (unpaired) electrons. The lowest BCUT2D eigenvalue weighted by Gasteiger charge is -2.12. The summed E-state index contributed by atoms with van der Waals surface area (Å²) in [5, 5.41) is 21.8. The molecule has 0 atom stereocenters. The van der Waals surface area contributed by atoms with Crippen molar-refractivity contribution in [1.82, 2.24) is 0 Å². The van der Waals surface area contributed by atoms with Crippen LogP contribution in [0.2, 0.25) is 0 Å². The van der Waals surface area contributed by atoms with E-state index in [9.17, 15) is 18.6 Å². The summed E-state index contributed by atoms with van der Waals surface area (Å²) in [5.41, 5.74) is 1.25. The molecule has 0 saturated carbocycles. The fourth-order valence-electron chi connectivity index (χ4n) is 1.92. The quantitative estimate of drug-likeness (QED) is 0.739. The number of rotatable bonds is 5. The van der Waals surface area contributed by atoms with Gasteiger partial charge in [-0.3, -0.25) is 0 Å². The lowest BCUT2D eigenvalue weighted by molar-refractivity contribution is 0.403. The van der Waals surface area contributed by atoms with Crippen molar-refractivity contribution in [3.8, 4) is 11.5 Å². The zero-order valence-electron chi connectivity index (χ0n) is 11.6. The molecule has 0 amide bonds. The van der Waals surface area contributed by atoms with Gasteiger partial charge in [-0.1, -0.05) is 25.1 Å². The second-order valence-corrected chi connectivity index (χ2v) is 6.82. The van der Waals surface area contributed by atoms with E-state index in [1.54, 1.807) is 37.3 Å². The van der Waals surface area contributed by atoms with Gasteiger partial charge >= 0.3 is 0 Å². The predicted octanol–water partition coefficient (Wildman–Crippen LogP) is 2.50. The van der Waals surface area contributed by atoms with Gasteiger partial charge in [-0.15, -0.1) is 0 Å². The van der Waals surface area contributed by atoms with Crippen LogP contribution < -0.4 is 5.32 Å². The molecule has 21 heavy (non-hydrogen) atoms. The van der Waals surface area contributed by atoms with Gasteiger partial charge in [0.15, 0.2) is 21.3 Å². The summed E-state index contributed by atoms with van der Waals surface area (Å²) in [5.74, 6) is -0.359. The molecule has 6 heteroatoms. The van der Waals surface area contributed by atoms with E-state index in [1.807, 2.05) is 0 Å². The molecule has 5 nitrogen and oxygen atoms in total. The number of aromatic hydroxyl groups is 2. The van der Waals surface area contributed by atoms with E-state index in [2.05, 4.69) is 5.32 Å². The highest BCUT2D eigenvalue weighted by Crippen LogP contribution is 2.26. The predicted molar refractivity (Wildman–Crippen MR) is 81.3 cm³/mol. The number of benzene rings is 2. The standard InChI is InChI=1S/C15H17NO4S/c1-2-21(19,20)15-6-4-3-5-12(15)16-10-11-7-8-13(17)14(18)9-11/h3-9,16-18H,2,10H2,1H3. The van der Waals surface area contributed by atoms with E-state index >= 15 is 0 Å². The lowest BCUT2D eigenvalue weighted by atomic mass is 10.2. The van der Waals surface area contributed by atoms with Crippen LogP contribution in [-0.4, -0.2) is 24.4 Å². The summed E-state index contributed by atoms with van der Waals surface area (Å²) in [6.07, 6.45) is 0. The first-order chi connectivity index (χ1) is 9.94. The molecule has 0 bridgehead atoms. The highest BCUT2D eigenvalue weighted by Gasteiger charge is 2.15. The molecule has 0 aromatic heterocycles. The van der Waals surface area contributed by atoms with Crippen molar-refractivity contribution in [2.24, 2.45) is 0 Å². The third-order valence-corrected chi connectivity index (χ3v) is 4.91. The first-order valence-electron chi connectivity index (χ1n) is 6.50. The van der Waals surface area contributed by atoms with Crippen LogP contribution in [0.3, 0.4) is 0 Å². The van der Waals surface area contributed by atoms with E-state index in [0.717, 1.165) is 5.56 Å². The highest BCUT2D eigenvalue weighted by molar-refractivity contribution is 7.91. The average Bonchev–Trinajstić information content (AvgIpc) is 2.49. The van der Waals surface area contributed by atoms with E-state index in [-0.39, 0.29) is 22.1 Å². The van der Waals surface area contributed by atoms with Gasteiger partial charge in [0, 0.05) is 6.54 Å². The van der Waals surface area contributed by atoms with Gasteiger partial charge in [0.25, 0.3) is 0 Å². The number of hydrogen-bond donors (Lipinski definition) is 3. The molecule has 0 aliphatic rings. The zero-order chi connectivity index (χ0) is 15.5. The Morgan fingerprint density at radius 3 is 2.43 bits per heavy atom. The molecular formula is C15H17NO4S. The topological polar surface area (TPSA) is 86.6 Å². The van der Waals surface area contributed by atoms with Crippen LogP contribution in [0.25, 0.3) is 0 Å². The van der Waals surface area contributed by atoms with Crippen LogP contribution in [0, 0.1) is 0 Å². The van der Waals surface area contributed by atoms with Crippen molar-refractivity contribution in [2.45, 2.75) is 18.4 Å². The first kappa shape index (κ1) is 15.2. The Balaban J connectivity index is 2.23. The van der Waals surface area contributed by atoms with Crippen LogP contribution in [0.15, 0.2) is 47.4 Å². The summed E-state index contributed by atoms with van der Waals surface area (Å²) in [7, 11) is -3.30. The molecule has 0 unspecified atom stereocenters. The minimum atomic E-state index is -3.30. The van der Waals surface area contributed by atoms with Crippen LogP contribution in [0.4, 0.5) is 5.69 Å². The number of anilines is 1. The smallest absolute Gasteiger partial charge is 0.180 e. The van der Waals surface area contributed by atoms with Crippen molar-refractivity contribution in [1.29, 1.82) is 0 Å². The van der Waals surface area contributed by atoms with E-state index < -0.39 is 9.84 Å². The molecule has 112 valence electrons. The fourth-order valence-corrected chi connectivity index (χ4v) is 2.99. The third kappa shape index (κ3) is 3.46. The molecule has 0 spiro atoms.